The second-order valence-electron chi connectivity index (χ2n) is 3.88. The van der Waals surface area contributed by atoms with Crippen LogP contribution in [-0.2, 0) is 4.74 Å². The third kappa shape index (κ3) is 19.1. The molecule has 0 aromatic carbocycles. The zero-order valence-electron chi connectivity index (χ0n) is 9.83. The van der Waals surface area contributed by atoms with Crippen LogP contribution >= 0.6 is 0 Å². The minimum Gasteiger partial charge on any atom is -0.444 e. The molecule has 2 N–H and O–H groups in total. The summed E-state index contributed by atoms with van der Waals surface area (Å²) in [6.45, 7) is 8.34. The van der Waals surface area contributed by atoms with Crippen LogP contribution in [0.3, 0.4) is 0 Å². The lowest BCUT2D eigenvalue weighted by Gasteiger charge is -2.19. The summed E-state index contributed by atoms with van der Waals surface area (Å²) < 4.78 is 5.03. The van der Waals surface area contributed by atoms with Gasteiger partial charge in [0.2, 0.25) is 0 Å². The van der Waals surface area contributed by atoms with E-state index in [1.54, 1.807) is 4.91 Å². The number of carbonyl (C=O) groups excluding carboxylic acids is 1. The van der Waals surface area contributed by atoms with Crippen molar-refractivity contribution < 1.29 is 9.53 Å². The SMILES string of the molecule is CCCCNC(=O)OC(C)(C)C.[N-]=[N+]=N. The molecule has 0 aliphatic rings. The van der Waals surface area contributed by atoms with Gasteiger partial charge in [0.15, 0.2) is 0 Å². The summed E-state index contributed by atoms with van der Waals surface area (Å²) in [5, 5.41) is 2.68. The van der Waals surface area contributed by atoms with Crippen LogP contribution in [0.5, 0.6) is 0 Å². The molecule has 0 aliphatic carbocycles. The lowest BCUT2D eigenvalue weighted by Crippen LogP contribution is -2.32. The second kappa shape index (κ2) is 9.15. The number of rotatable bonds is 3. The van der Waals surface area contributed by atoms with E-state index in [0.29, 0.717) is 6.54 Å². The Bertz CT molecular complexity index is 205. The van der Waals surface area contributed by atoms with Crippen LogP contribution in [0.15, 0.2) is 0 Å². The predicted octanol–water partition coefficient (Wildman–Crippen LogP) is 3.19. The zero-order valence-corrected chi connectivity index (χ0v) is 9.83. The van der Waals surface area contributed by atoms with Crippen molar-refractivity contribution >= 4 is 6.09 Å². The Hall–Kier alpha value is -1.42. The van der Waals surface area contributed by atoms with Gasteiger partial charge in [-0.15, -0.1) is 5.53 Å². The van der Waals surface area contributed by atoms with Gasteiger partial charge < -0.3 is 10.1 Å². The average molecular weight is 216 g/mol. The molecule has 6 heteroatoms. The summed E-state index contributed by atoms with van der Waals surface area (Å²) in [5.74, 6) is 0. The average Bonchev–Trinajstić information content (AvgIpc) is 2.02. The third-order valence-corrected chi connectivity index (χ3v) is 1.20. The van der Waals surface area contributed by atoms with Crippen LogP contribution in [0.1, 0.15) is 40.5 Å². The molecule has 6 nitrogen and oxygen atoms in total. The van der Waals surface area contributed by atoms with Crippen molar-refractivity contribution in [1.82, 2.24) is 5.32 Å². The van der Waals surface area contributed by atoms with Crippen LogP contribution in [0.2, 0.25) is 0 Å². The maximum absolute atomic E-state index is 11.0. The first-order chi connectivity index (χ1) is 6.87. The molecule has 15 heavy (non-hydrogen) atoms. The molecule has 0 rings (SSSR count). The highest BCUT2D eigenvalue weighted by Gasteiger charge is 2.14. The first-order valence-corrected chi connectivity index (χ1v) is 4.85. The Balaban J connectivity index is 0. The number of nitrogens with zero attached hydrogens (tertiary/aromatic N) is 2. The van der Waals surface area contributed by atoms with Gasteiger partial charge in [-0.05, 0) is 37.6 Å². The molecule has 0 aromatic heterocycles. The molecule has 1 amide bonds. The molecule has 0 fully saturated rings. The highest BCUT2D eigenvalue weighted by atomic mass is 16.6. The van der Waals surface area contributed by atoms with E-state index in [1.165, 1.54) is 0 Å². The minimum atomic E-state index is -0.393. The summed E-state index contributed by atoms with van der Waals surface area (Å²) in [5.41, 5.74) is 11.9. The van der Waals surface area contributed by atoms with E-state index in [4.69, 9.17) is 15.8 Å². The van der Waals surface area contributed by atoms with Crippen molar-refractivity contribution in [3.63, 3.8) is 0 Å². The van der Waals surface area contributed by atoms with Gasteiger partial charge in [-0.2, -0.15) is 0 Å². The number of amides is 1. The molecule has 0 spiro atoms. The fourth-order valence-electron chi connectivity index (χ4n) is 0.681. The molecule has 0 saturated carbocycles. The van der Waals surface area contributed by atoms with E-state index >= 15 is 0 Å². The van der Waals surface area contributed by atoms with E-state index in [1.807, 2.05) is 20.8 Å². The molecule has 0 bridgehead atoms. The molecule has 0 aliphatic heterocycles. The van der Waals surface area contributed by atoms with Crippen LogP contribution in [0.25, 0.3) is 10.4 Å². The zero-order chi connectivity index (χ0) is 12.3. The van der Waals surface area contributed by atoms with Gasteiger partial charge in [0.05, 0.1) is 0 Å². The number of unbranched alkanes of at least 4 members (excludes halogenated alkanes) is 1. The quantitative estimate of drug-likeness (QED) is 0.327. The summed E-state index contributed by atoms with van der Waals surface area (Å²) in [6.07, 6.45) is 1.76. The van der Waals surface area contributed by atoms with Gasteiger partial charge in [0, 0.05) is 6.54 Å². The number of ether oxygens (including phenoxy) is 1. The first kappa shape index (κ1) is 16.0. The van der Waals surface area contributed by atoms with Crippen LogP contribution < -0.4 is 5.32 Å². The van der Waals surface area contributed by atoms with Gasteiger partial charge >= 0.3 is 6.09 Å². The van der Waals surface area contributed by atoms with Gasteiger partial charge in [-0.25, -0.2) is 4.79 Å². The molecule has 0 heterocycles. The lowest BCUT2D eigenvalue weighted by atomic mass is 10.2. The maximum Gasteiger partial charge on any atom is 0.407 e. The number of hydrogen-bond acceptors (Lipinski definition) is 3. The Morgan fingerprint density at radius 2 is 2.00 bits per heavy atom. The first-order valence-electron chi connectivity index (χ1n) is 4.85. The number of alkyl carbamates (subject to hydrolysis) is 1. The maximum atomic E-state index is 11.0. The van der Waals surface area contributed by atoms with E-state index < -0.39 is 5.60 Å². The third-order valence-electron chi connectivity index (χ3n) is 1.20. The predicted molar refractivity (Wildman–Crippen MR) is 58.6 cm³/mol. The van der Waals surface area contributed by atoms with Crippen molar-refractivity contribution in [3.05, 3.63) is 10.4 Å². The normalized spacial score (nSPS) is 9.33. The summed E-state index contributed by atoms with van der Waals surface area (Å²) in [6, 6.07) is 0. The summed E-state index contributed by atoms with van der Waals surface area (Å²) in [7, 11) is 0. The topological polar surface area (TPSA) is 98.6 Å². The van der Waals surface area contributed by atoms with Crippen LogP contribution in [-0.4, -0.2) is 18.2 Å². The summed E-state index contributed by atoms with van der Waals surface area (Å²) in [4.78, 5) is 12.8. The Labute approximate surface area is 90.4 Å². The number of hydrogen-bond donors (Lipinski definition) is 2. The van der Waals surface area contributed by atoms with Gasteiger partial charge in [-0.3, -0.25) is 0 Å². The Morgan fingerprint density at radius 3 is 2.33 bits per heavy atom. The smallest absolute Gasteiger partial charge is 0.407 e. The number of nitrogens with one attached hydrogen (secondary N) is 2. The van der Waals surface area contributed by atoms with E-state index in [2.05, 4.69) is 12.2 Å². The fourth-order valence-corrected chi connectivity index (χ4v) is 0.681. The van der Waals surface area contributed by atoms with Gasteiger partial charge in [0.25, 0.3) is 0 Å². The molecular weight excluding hydrogens is 196 g/mol. The van der Waals surface area contributed by atoms with Crippen molar-refractivity contribution in [2.75, 3.05) is 6.54 Å². The van der Waals surface area contributed by atoms with E-state index in [0.717, 1.165) is 12.8 Å². The molecule has 0 aromatic rings. The molecular formula is C9H20N4O2. The summed E-state index contributed by atoms with van der Waals surface area (Å²) >= 11 is 0. The molecule has 0 radical (unpaired) electrons. The fraction of sp³-hybridized carbons (Fsp3) is 0.889. The van der Waals surface area contributed by atoms with Crippen LogP contribution in [0, 0.1) is 5.53 Å². The molecule has 0 unspecified atom stereocenters. The number of carbonyl (C=O) groups is 1. The van der Waals surface area contributed by atoms with Crippen molar-refractivity contribution in [2.24, 2.45) is 0 Å². The van der Waals surface area contributed by atoms with E-state index in [-0.39, 0.29) is 6.09 Å². The highest BCUT2D eigenvalue weighted by Crippen LogP contribution is 2.06. The van der Waals surface area contributed by atoms with Crippen molar-refractivity contribution in [3.8, 4) is 0 Å². The van der Waals surface area contributed by atoms with Crippen LogP contribution in [0.4, 0.5) is 4.79 Å². The van der Waals surface area contributed by atoms with E-state index in [9.17, 15) is 4.79 Å². The monoisotopic (exact) mass is 216 g/mol. The standard InChI is InChI=1S/C9H19NO2.HN3/c1-5-6-7-10-8(11)12-9(2,3)4;1-3-2/h5-7H2,1-4H3,(H,10,11);1H. The Morgan fingerprint density at radius 1 is 1.53 bits per heavy atom. The second-order valence-corrected chi connectivity index (χ2v) is 3.88. The van der Waals surface area contributed by atoms with Gasteiger partial charge in [-0.1, -0.05) is 13.3 Å². The molecule has 0 saturated heterocycles. The van der Waals surface area contributed by atoms with Gasteiger partial charge in [0.1, 0.15) is 5.60 Å². The largest absolute Gasteiger partial charge is 0.444 e. The molecule has 88 valence electrons. The highest BCUT2D eigenvalue weighted by molar-refractivity contribution is 5.67. The van der Waals surface area contributed by atoms with Crippen molar-refractivity contribution in [1.29, 1.82) is 5.53 Å². The minimum absolute atomic E-state index is 0.323. The Kier molecular flexibility index (Phi) is 9.77. The molecule has 0 atom stereocenters. The van der Waals surface area contributed by atoms with Crippen molar-refractivity contribution in [2.45, 2.75) is 46.1 Å². The lowest BCUT2D eigenvalue weighted by molar-refractivity contribution is 0.0527.